The Morgan fingerprint density at radius 2 is 1.86 bits per heavy atom. The fourth-order valence-electron chi connectivity index (χ4n) is 2.36. The zero-order valence-electron chi connectivity index (χ0n) is 11.6. The van der Waals surface area contributed by atoms with Crippen LogP contribution < -0.4 is 14.8 Å². The lowest BCUT2D eigenvalue weighted by atomic mass is 10.1. The highest BCUT2D eigenvalue weighted by atomic mass is 16.7. The van der Waals surface area contributed by atoms with Crippen molar-refractivity contribution in [1.82, 2.24) is 5.32 Å². The predicted octanol–water partition coefficient (Wildman–Crippen LogP) is 2.33. The number of nitrogens with zero attached hydrogens (tertiary/aromatic N) is 1. The Labute approximate surface area is 126 Å². The summed E-state index contributed by atoms with van der Waals surface area (Å²) >= 11 is 0. The third-order valence-electron chi connectivity index (χ3n) is 3.44. The Balaban J connectivity index is 1.67. The van der Waals surface area contributed by atoms with Gasteiger partial charge in [0.25, 0.3) is 5.91 Å². The number of carbonyl (C=O) groups is 1. The van der Waals surface area contributed by atoms with Crippen LogP contribution in [0, 0.1) is 0 Å². The molecular weight excluding hydrogens is 280 g/mol. The molecule has 0 saturated carbocycles. The fourth-order valence-corrected chi connectivity index (χ4v) is 2.36. The topological polar surface area (TPSA) is 59.9 Å². The molecule has 0 aromatic heterocycles. The molecule has 2 aromatic rings. The maximum Gasteiger partial charge on any atom is 0.275 e. The molecule has 0 bridgehead atoms. The summed E-state index contributed by atoms with van der Waals surface area (Å²) in [7, 11) is 0. The van der Waals surface area contributed by atoms with Gasteiger partial charge < -0.3 is 14.8 Å². The molecule has 0 radical (unpaired) electrons. The summed E-state index contributed by atoms with van der Waals surface area (Å²) in [5, 5.41) is 2.78. The van der Waals surface area contributed by atoms with E-state index >= 15 is 0 Å². The summed E-state index contributed by atoms with van der Waals surface area (Å²) in [6, 6.07) is 15.1. The first-order chi connectivity index (χ1) is 10.8. The van der Waals surface area contributed by atoms with Crippen molar-refractivity contribution in [1.29, 1.82) is 0 Å². The lowest BCUT2D eigenvalue weighted by molar-refractivity contribution is -0.115. The normalized spacial score (nSPS) is 17.5. The number of rotatable bonds is 2. The van der Waals surface area contributed by atoms with Gasteiger partial charge in [0, 0.05) is 5.56 Å². The summed E-state index contributed by atoms with van der Waals surface area (Å²) in [4.78, 5) is 16.4. The van der Waals surface area contributed by atoms with Gasteiger partial charge in [0.1, 0.15) is 11.5 Å². The molecule has 5 nitrogen and oxygen atoms in total. The van der Waals surface area contributed by atoms with Crippen LogP contribution in [0.25, 0.3) is 6.08 Å². The Kier molecular flexibility index (Phi) is 2.89. The maximum absolute atomic E-state index is 12.0. The number of aliphatic imine (C=N–C) groups is 1. The van der Waals surface area contributed by atoms with Crippen LogP contribution in [-0.2, 0) is 4.79 Å². The van der Waals surface area contributed by atoms with Gasteiger partial charge in [-0.2, -0.15) is 0 Å². The quantitative estimate of drug-likeness (QED) is 0.864. The third-order valence-corrected chi connectivity index (χ3v) is 3.44. The van der Waals surface area contributed by atoms with Crippen LogP contribution in [0.3, 0.4) is 0 Å². The van der Waals surface area contributed by atoms with Gasteiger partial charge >= 0.3 is 0 Å². The molecule has 2 aliphatic heterocycles. The van der Waals surface area contributed by atoms with Gasteiger partial charge in [0.15, 0.2) is 11.5 Å². The molecular formula is C17H12N2O3. The van der Waals surface area contributed by atoms with Gasteiger partial charge in [-0.1, -0.05) is 36.4 Å². The van der Waals surface area contributed by atoms with Crippen LogP contribution in [0.2, 0.25) is 0 Å². The first kappa shape index (κ1) is 12.6. The number of carbonyl (C=O) groups excluding carboxylic acids is 1. The SMILES string of the molecule is O=C1NC(c2ccccc2)=NC1=Cc1ccc2c(c1)OCO2. The van der Waals surface area contributed by atoms with Crippen molar-refractivity contribution in [2.45, 2.75) is 0 Å². The van der Waals surface area contributed by atoms with Crippen molar-refractivity contribution < 1.29 is 14.3 Å². The molecule has 5 heteroatoms. The minimum atomic E-state index is -0.212. The molecule has 0 spiro atoms. The minimum Gasteiger partial charge on any atom is -0.454 e. The van der Waals surface area contributed by atoms with Crippen molar-refractivity contribution in [2.24, 2.45) is 4.99 Å². The second kappa shape index (κ2) is 5.04. The van der Waals surface area contributed by atoms with E-state index in [9.17, 15) is 4.79 Å². The zero-order chi connectivity index (χ0) is 14.9. The molecule has 0 unspecified atom stereocenters. The molecule has 2 heterocycles. The average Bonchev–Trinajstić information content (AvgIpc) is 3.15. The lowest BCUT2D eigenvalue weighted by Crippen LogP contribution is -2.24. The number of amides is 1. The molecule has 0 atom stereocenters. The summed E-state index contributed by atoms with van der Waals surface area (Å²) in [5.41, 5.74) is 2.09. The van der Waals surface area contributed by atoms with Crippen molar-refractivity contribution in [3.63, 3.8) is 0 Å². The third kappa shape index (κ3) is 2.22. The van der Waals surface area contributed by atoms with Gasteiger partial charge in [0.05, 0.1) is 0 Å². The summed E-state index contributed by atoms with van der Waals surface area (Å²) < 4.78 is 10.6. The number of fused-ring (bicyclic) bond motifs is 1. The molecule has 22 heavy (non-hydrogen) atoms. The van der Waals surface area contributed by atoms with Crippen LogP contribution in [-0.4, -0.2) is 18.5 Å². The molecule has 1 N–H and O–H groups in total. The van der Waals surface area contributed by atoms with Crippen LogP contribution in [0.4, 0.5) is 0 Å². The first-order valence-electron chi connectivity index (χ1n) is 6.86. The largest absolute Gasteiger partial charge is 0.454 e. The second-order valence-corrected chi connectivity index (χ2v) is 4.92. The van der Waals surface area contributed by atoms with E-state index in [0.717, 1.165) is 11.1 Å². The van der Waals surface area contributed by atoms with Crippen molar-refractivity contribution >= 4 is 17.8 Å². The van der Waals surface area contributed by atoms with Gasteiger partial charge in [-0.05, 0) is 23.8 Å². The zero-order valence-corrected chi connectivity index (χ0v) is 11.6. The Bertz CT molecular complexity index is 810. The van der Waals surface area contributed by atoms with Gasteiger partial charge in [-0.3, -0.25) is 4.79 Å². The van der Waals surface area contributed by atoms with Crippen LogP contribution >= 0.6 is 0 Å². The Morgan fingerprint density at radius 3 is 2.73 bits per heavy atom. The monoisotopic (exact) mass is 292 g/mol. The van der Waals surface area contributed by atoms with E-state index in [1.807, 2.05) is 48.5 Å². The number of benzene rings is 2. The summed E-state index contributed by atoms with van der Waals surface area (Å²) in [6.07, 6.45) is 1.73. The Hall–Kier alpha value is -3.08. The van der Waals surface area contributed by atoms with Crippen LogP contribution in [0.5, 0.6) is 11.5 Å². The van der Waals surface area contributed by atoms with Gasteiger partial charge in [-0.25, -0.2) is 4.99 Å². The van der Waals surface area contributed by atoms with E-state index in [2.05, 4.69) is 10.3 Å². The molecule has 0 fully saturated rings. The molecule has 2 aromatic carbocycles. The van der Waals surface area contributed by atoms with E-state index in [1.165, 1.54) is 0 Å². The number of nitrogens with one attached hydrogen (secondary N) is 1. The average molecular weight is 292 g/mol. The van der Waals surface area contributed by atoms with E-state index in [4.69, 9.17) is 9.47 Å². The maximum atomic E-state index is 12.0. The number of ether oxygens (including phenoxy) is 2. The highest BCUT2D eigenvalue weighted by Crippen LogP contribution is 2.33. The molecule has 4 rings (SSSR count). The lowest BCUT2D eigenvalue weighted by Gasteiger charge is -1.98. The van der Waals surface area contributed by atoms with Crippen LogP contribution in [0.1, 0.15) is 11.1 Å². The number of hydrogen-bond acceptors (Lipinski definition) is 4. The van der Waals surface area contributed by atoms with E-state index < -0.39 is 0 Å². The smallest absolute Gasteiger partial charge is 0.275 e. The minimum absolute atomic E-state index is 0.212. The predicted molar refractivity (Wildman–Crippen MR) is 81.7 cm³/mol. The molecule has 2 aliphatic rings. The molecule has 0 saturated heterocycles. The fraction of sp³-hybridized carbons (Fsp3) is 0.0588. The van der Waals surface area contributed by atoms with Crippen molar-refractivity contribution in [2.75, 3.05) is 6.79 Å². The standard InChI is InChI=1S/C17H12N2O3/c20-17-13(18-16(19-17)12-4-2-1-3-5-12)8-11-6-7-14-15(9-11)22-10-21-14/h1-9H,10H2,(H,18,19,20). The molecule has 0 aliphatic carbocycles. The van der Waals surface area contributed by atoms with Gasteiger partial charge in [0.2, 0.25) is 6.79 Å². The summed E-state index contributed by atoms with van der Waals surface area (Å²) in [5.74, 6) is 1.75. The van der Waals surface area contributed by atoms with E-state index in [0.29, 0.717) is 23.0 Å². The van der Waals surface area contributed by atoms with E-state index in [1.54, 1.807) is 6.08 Å². The second-order valence-electron chi connectivity index (χ2n) is 4.92. The molecule has 108 valence electrons. The Morgan fingerprint density at radius 1 is 1.05 bits per heavy atom. The summed E-state index contributed by atoms with van der Waals surface area (Å²) in [6.45, 7) is 0.228. The number of amidine groups is 1. The first-order valence-corrected chi connectivity index (χ1v) is 6.86. The van der Waals surface area contributed by atoms with Crippen molar-refractivity contribution in [3.8, 4) is 11.5 Å². The molecule has 1 amide bonds. The van der Waals surface area contributed by atoms with E-state index in [-0.39, 0.29) is 12.7 Å². The van der Waals surface area contributed by atoms with Crippen LogP contribution in [0.15, 0.2) is 59.2 Å². The highest BCUT2D eigenvalue weighted by molar-refractivity contribution is 6.19. The van der Waals surface area contributed by atoms with Crippen molar-refractivity contribution in [3.05, 3.63) is 65.4 Å². The number of hydrogen-bond donors (Lipinski definition) is 1. The highest BCUT2D eigenvalue weighted by Gasteiger charge is 2.21. The van der Waals surface area contributed by atoms with Gasteiger partial charge in [-0.15, -0.1) is 0 Å².